The number of imidazole rings is 1. The first kappa shape index (κ1) is 24.7. The normalized spacial score (nSPS) is 12.7. The van der Waals surface area contributed by atoms with Crippen molar-refractivity contribution < 1.29 is 4.79 Å². The number of H-pyrrole nitrogens is 3. The molecule has 0 unspecified atom stereocenters. The van der Waals surface area contributed by atoms with E-state index in [1.54, 1.807) is 36.7 Å². The summed E-state index contributed by atoms with van der Waals surface area (Å²) in [6.45, 7) is 9.89. The third-order valence-corrected chi connectivity index (χ3v) is 5.81. The molecule has 2 aromatic heterocycles. The van der Waals surface area contributed by atoms with Crippen molar-refractivity contribution in [2.24, 2.45) is 0 Å². The molecule has 36 heavy (non-hydrogen) atoms. The molecule has 8 nitrogen and oxygen atoms in total. The minimum absolute atomic E-state index is 0.0443. The smallest absolute Gasteiger partial charge is 0.273 e. The Morgan fingerprint density at radius 3 is 2.28 bits per heavy atom. The van der Waals surface area contributed by atoms with Gasteiger partial charge < -0.3 is 15.0 Å². The van der Waals surface area contributed by atoms with Crippen LogP contribution in [0.5, 0.6) is 0 Å². The Balaban J connectivity index is 1.85. The van der Waals surface area contributed by atoms with Gasteiger partial charge in [-0.15, -0.1) is 0 Å². The van der Waals surface area contributed by atoms with E-state index in [-0.39, 0.29) is 22.0 Å². The second-order valence-corrected chi connectivity index (χ2v) is 9.75. The highest BCUT2D eigenvalue weighted by Crippen LogP contribution is 2.23. The van der Waals surface area contributed by atoms with E-state index in [0.717, 1.165) is 16.8 Å². The number of rotatable bonds is 4. The zero-order chi connectivity index (χ0) is 26.0. The maximum atomic E-state index is 13.6. The van der Waals surface area contributed by atoms with Gasteiger partial charge in [0, 0.05) is 28.6 Å². The number of nitrogens with zero attached hydrogens (tertiary/aromatic N) is 2. The van der Waals surface area contributed by atoms with Crippen molar-refractivity contribution in [1.82, 2.24) is 19.9 Å². The quantitative estimate of drug-likeness (QED) is 0.414. The molecule has 1 amide bonds. The van der Waals surface area contributed by atoms with Gasteiger partial charge in [0.2, 0.25) is 0 Å². The summed E-state index contributed by atoms with van der Waals surface area (Å²) in [5, 5.41) is 0.0268. The van der Waals surface area contributed by atoms with Crippen LogP contribution in [0, 0.1) is 13.8 Å². The number of carbonyl (C=O) groups is 1. The second kappa shape index (κ2) is 9.65. The molecule has 0 aliphatic heterocycles. The lowest BCUT2D eigenvalue weighted by molar-refractivity contribution is 0.100. The van der Waals surface area contributed by atoms with Gasteiger partial charge in [0.25, 0.3) is 17.0 Å². The Kier molecular flexibility index (Phi) is 6.61. The number of anilines is 1. The van der Waals surface area contributed by atoms with Crippen molar-refractivity contribution in [3.05, 3.63) is 114 Å². The molecule has 0 atom stereocenters. The van der Waals surface area contributed by atoms with Crippen LogP contribution in [0.1, 0.15) is 53.6 Å². The highest BCUT2D eigenvalue weighted by molar-refractivity contribution is 6.11. The topological polar surface area (TPSA) is 115 Å². The van der Waals surface area contributed by atoms with Crippen molar-refractivity contribution in [1.29, 1.82) is 0 Å². The number of aromatic nitrogens is 4. The van der Waals surface area contributed by atoms with E-state index in [2.05, 4.69) is 19.9 Å². The van der Waals surface area contributed by atoms with Gasteiger partial charge in [0.15, 0.2) is 0 Å². The average molecular weight is 484 g/mol. The zero-order valence-corrected chi connectivity index (χ0v) is 21.0. The lowest BCUT2D eigenvalue weighted by Crippen LogP contribution is -2.48. The first-order valence-corrected chi connectivity index (χ1v) is 11.6. The third-order valence-electron chi connectivity index (χ3n) is 5.81. The molecule has 0 radical (unpaired) electrons. The largest absolute Gasteiger partial charge is 0.348 e. The first-order valence-electron chi connectivity index (χ1n) is 11.6. The number of benzene rings is 2. The van der Waals surface area contributed by atoms with Gasteiger partial charge in [-0.05, 0) is 43.7 Å². The molecule has 4 rings (SSSR count). The van der Waals surface area contributed by atoms with Crippen LogP contribution in [0.25, 0.3) is 12.3 Å². The Bertz CT molecular complexity index is 1650. The van der Waals surface area contributed by atoms with Gasteiger partial charge in [0.05, 0.1) is 12.0 Å². The van der Waals surface area contributed by atoms with E-state index < -0.39 is 11.1 Å². The highest BCUT2D eigenvalue weighted by Gasteiger charge is 2.20. The van der Waals surface area contributed by atoms with Crippen LogP contribution in [0.4, 0.5) is 5.69 Å². The van der Waals surface area contributed by atoms with Crippen molar-refractivity contribution in [2.75, 3.05) is 4.90 Å². The molecule has 3 N–H and O–H groups in total. The summed E-state index contributed by atoms with van der Waals surface area (Å²) in [4.78, 5) is 53.5. The SMILES string of the molecule is Cc1ccc(C(=O)N(/C=c2\[nH]c(=O)/c(=C/c3nc[nH]c3C(C)(C)C)[nH]c2=O)c2ccccc2)c(C)c1. The second-order valence-electron chi connectivity index (χ2n) is 9.75. The Labute approximate surface area is 208 Å². The average Bonchev–Trinajstić information content (AvgIpc) is 3.29. The molecule has 0 saturated carbocycles. The van der Waals surface area contributed by atoms with Crippen molar-refractivity contribution >= 4 is 23.9 Å². The predicted octanol–water partition coefficient (Wildman–Crippen LogP) is 2.61. The number of carbonyl (C=O) groups excluding carboxylic acids is 1. The summed E-state index contributed by atoms with van der Waals surface area (Å²) in [5.41, 5.74) is 3.05. The number of aromatic amines is 3. The fourth-order valence-electron chi connectivity index (χ4n) is 3.99. The molecule has 0 spiro atoms. The Morgan fingerprint density at radius 1 is 0.944 bits per heavy atom. The fourth-order valence-corrected chi connectivity index (χ4v) is 3.99. The highest BCUT2D eigenvalue weighted by atomic mass is 16.2. The van der Waals surface area contributed by atoms with E-state index in [4.69, 9.17) is 0 Å². The molecular formula is C28H29N5O3. The van der Waals surface area contributed by atoms with Crippen LogP contribution in [-0.4, -0.2) is 25.8 Å². The molecular weight excluding hydrogens is 454 g/mol. The maximum absolute atomic E-state index is 13.6. The molecule has 0 bridgehead atoms. The molecule has 4 aromatic rings. The minimum atomic E-state index is -0.539. The minimum Gasteiger partial charge on any atom is -0.348 e. The summed E-state index contributed by atoms with van der Waals surface area (Å²) in [6.07, 6.45) is 4.45. The molecule has 2 aromatic carbocycles. The van der Waals surface area contributed by atoms with E-state index in [1.165, 1.54) is 17.2 Å². The lowest BCUT2D eigenvalue weighted by Gasteiger charge is -2.19. The van der Waals surface area contributed by atoms with Crippen molar-refractivity contribution in [3.8, 4) is 0 Å². The monoisotopic (exact) mass is 483 g/mol. The van der Waals surface area contributed by atoms with Crippen molar-refractivity contribution in [3.63, 3.8) is 0 Å². The standard InChI is InChI=1S/C28H29N5O3/c1-17-11-12-20(18(2)13-17)27(36)33(19-9-7-6-8-10-19)15-23-26(35)31-22(25(34)32-23)14-21-24(28(3,4)5)30-16-29-21/h6-16H,1-5H3,(H,29,30)(H,31,35)(H,32,34)/b22-14-,23-15-. The summed E-state index contributed by atoms with van der Waals surface area (Å²) < 4.78 is 0. The number of para-hydroxylation sites is 1. The van der Waals surface area contributed by atoms with Gasteiger partial charge >= 0.3 is 0 Å². The Hall–Kier alpha value is -4.46. The number of hydrogen-bond donors (Lipinski definition) is 3. The van der Waals surface area contributed by atoms with Gasteiger partial charge in [-0.3, -0.25) is 19.3 Å². The molecule has 0 aliphatic carbocycles. The van der Waals surface area contributed by atoms with E-state index in [0.29, 0.717) is 16.9 Å². The fraction of sp³-hybridized carbons (Fsp3) is 0.214. The molecule has 0 fully saturated rings. The van der Waals surface area contributed by atoms with Gasteiger partial charge in [-0.25, -0.2) is 4.98 Å². The van der Waals surface area contributed by atoms with Crippen LogP contribution >= 0.6 is 0 Å². The third kappa shape index (κ3) is 5.12. The van der Waals surface area contributed by atoms with E-state index >= 15 is 0 Å². The molecule has 8 heteroatoms. The summed E-state index contributed by atoms with van der Waals surface area (Å²) in [6, 6.07) is 14.5. The number of aryl methyl sites for hydroxylation is 2. The summed E-state index contributed by atoms with van der Waals surface area (Å²) in [7, 11) is 0. The van der Waals surface area contributed by atoms with Crippen LogP contribution in [0.2, 0.25) is 0 Å². The van der Waals surface area contributed by atoms with E-state index in [9.17, 15) is 14.4 Å². The number of amides is 1. The molecule has 0 aliphatic rings. The van der Waals surface area contributed by atoms with Gasteiger partial charge in [-0.2, -0.15) is 0 Å². The summed E-state index contributed by atoms with van der Waals surface area (Å²) >= 11 is 0. The zero-order valence-electron chi connectivity index (χ0n) is 21.0. The predicted molar refractivity (Wildman–Crippen MR) is 141 cm³/mol. The number of hydrogen-bond acceptors (Lipinski definition) is 4. The van der Waals surface area contributed by atoms with Crippen LogP contribution in [-0.2, 0) is 5.41 Å². The maximum Gasteiger partial charge on any atom is 0.273 e. The number of nitrogens with one attached hydrogen (secondary N) is 3. The lowest BCUT2D eigenvalue weighted by atomic mass is 9.90. The molecule has 2 heterocycles. The first-order chi connectivity index (χ1) is 17.0. The summed E-state index contributed by atoms with van der Waals surface area (Å²) in [5.74, 6) is -0.319. The van der Waals surface area contributed by atoms with E-state index in [1.807, 2.05) is 52.8 Å². The van der Waals surface area contributed by atoms with Gasteiger partial charge in [0.1, 0.15) is 10.7 Å². The van der Waals surface area contributed by atoms with Gasteiger partial charge in [-0.1, -0.05) is 56.7 Å². The van der Waals surface area contributed by atoms with Crippen LogP contribution in [0.15, 0.2) is 64.4 Å². The Morgan fingerprint density at radius 2 is 1.61 bits per heavy atom. The van der Waals surface area contributed by atoms with Crippen molar-refractivity contribution in [2.45, 2.75) is 40.0 Å². The van der Waals surface area contributed by atoms with Crippen LogP contribution < -0.4 is 26.7 Å². The van der Waals surface area contributed by atoms with Crippen LogP contribution in [0.3, 0.4) is 0 Å². The molecule has 0 saturated heterocycles. The molecule has 184 valence electrons.